The van der Waals surface area contributed by atoms with Gasteiger partial charge in [-0.05, 0) is 37.2 Å². The second kappa shape index (κ2) is 7.26. The first-order valence-corrected chi connectivity index (χ1v) is 7.27. The van der Waals surface area contributed by atoms with Gasteiger partial charge in [-0.2, -0.15) is 0 Å². The van der Waals surface area contributed by atoms with Crippen molar-refractivity contribution in [3.8, 4) is 0 Å². The van der Waals surface area contributed by atoms with Gasteiger partial charge in [-0.1, -0.05) is 6.92 Å². The van der Waals surface area contributed by atoms with Crippen LogP contribution in [-0.4, -0.2) is 55.0 Å². The smallest absolute Gasteiger partial charge is 0.238 e. The molecular formula is C15H24N4O. The minimum Gasteiger partial charge on any atom is -0.399 e. The molecule has 1 aromatic carbocycles. The number of carbonyl (C=O) groups is 1. The summed E-state index contributed by atoms with van der Waals surface area (Å²) in [4.78, 5) is 16.6. The maximum atomic E-state index is 12.0. The van der Waals surface area contributed by atoms with Crippen LogP contribution in [0.3, 0.4) is 0 Å². The van der Waals surface area contributed by atoms with Crippen LogP contribution in [0.4, 0.5) is 11.4 Å². The van der Waals surface area contributed by atoms with Crippen molar-refractivity contribution in [1.29, 1.82) is 0 Å². The molecule has 3 N–H and O–H groups in total. The zero-order valence-electron chi connectivity index (χ0n) is 12.1. The first kappa shape index (κ1) is 14.8. The van der Waals surface area contributed by atoms with Crippen molar-refractivity contribution >= 4 is 17.3 Å². The van der Waals surface area contributed by atoms with Crippen molar-refractivity contribution in [2.75, 3.05) is 50.3 Å². The molecule has 2 rings (SSSR count). The molecule has 110 valence electrons. The molecule has 1 aliphatic heterocycles. The number of hydrogen-bond acceptors (Lipinski definition) is 4. The Morgan fingerprint density at radius 3 is 2.35 bits per heavy atom. The van der Waals surface area contributed by atoms with Crippen LogP contribution in [0.25, 0.3) is 0 Å². The number of carbonyl (C=O) groups excluding carboxylic acids is 1. The van der Waals surface area contributed by atoms with E-state index in [1.165, 1.54) is 6.42 Å². The van der Waals surface area contributed by atoms with Gasteiger partial charge in [-0.15, -0.1) is 0 Å². The Morgan fingerprint density at radius 2 is 1.75 bits per heavy atom. The Hall–Kier alpha value is -1.59. The van der Waals surface area contributed by atoms with Gasteiger partial charge in [0.1, 0.15) is 0 Å². The summed E-state index contributed by atoms with van der Waals surface area (Å²) in [6, 6.07) is 7.23. The van der Waals surface area contributed by atoms with Crippen molar-refractivity contribution in [2.24, 2.45) is 0 Å². The monoisotopic (exact) mass is 276 g/mol. The number of hydrogen-bond donors (Lipinski definition) is 2. The average Bonchev–Trinajstić information content (AvgIpc) is 2.44. The van der Waals surface area contributed by atoms with Gasteiger partial charge in [0, 0.05) is 37.6 Å². The zero-order valence-corrected chi connectivity index (χ0v) is 12.1. The summed E-state index contributed by atoms with van der Waals surface area (Å²) in [7, 11) is 0. The molecule has 1 fully saturated rings. The van der Waals surface area contributed by atoms with Crippen LogP contribution in [0, 0.1) is 0 Å². The van der Waals surface area contributed by atoms with Crippen LogP contribution in [-0.2, 0) is 4.79 Å². The Kier molecular flexibility index (Phi) is 5.38. The quantitative estimate of drug-likeness (QED) is 0.794. The Morgan fingerprint density at radius 1 is 1.15 bits per heavy atom. The van der Waals surface area contributed by atoms with Crippen LogP contribution < -0.4 is 11.1 Å². The molecule has 1 aromatic rings. The van der Waals surface area contributed by atoms with Crippen LogP contribution in [0.5, 0.6) is 0 Å². The lowest BCUT2D eigenvalue weighted by molar-refractivity contribution is -0.117. The molecule has 0 aliphatic carbocycles. The highest BCUT2D eigenvalue weighted by atomic mass is 16.2. The number of anilines is 2. The molecule has 1 aliphatic rings. The van der Waals surface area contributed by atoms with E-state index in [0.29, 0.717) is 12.2 Å². The van der Waals surface area contributed by atoms with Gasteiger partial charge in [0.25, 0.3) is 0 Å². The van der Waals surface area contributed by atoms with E-state index in [1.54, 1.807) is 12.1 Å². The molecule has 0 saturated carbocycles. The molecule has 0 spiro atoms. The number of amides is 1. The molecule has 0 unspecified atom stereocenters. The number of rotatable bonds is 5. The third-order valence-corrected chi connectivity index (χ3v) is 3.57. The normalized spacial score (nSPS) is 17.1. The standard InChI is InChI=1S/C15H24N4O/c1-2-7-18-8-10-19(11-9-18)12-15(20)17-14-5-3-13(16)4-6-14/h3-6H,2,7-12,16H2,1H3,(H,17,20). The Labute approximate surface area is 120 Å². The van der Waals surface area contributed by atoms with Crippen molar-refractivity contribution in [3.63, 3.8) is 0 Å². The summed E-state index contributed by atoms with van der Waals surface area (Å²) in [5.74, 6) is 0.0405. The second-order valence-electron chi connectivity index (χ2n) is 5.29. The number of nitrogens with one attached hydrogen (secondary N) is 1. The first-order valence-electron chi connectivity index (χ1n) is 7.27. The van der Waals surface area contributed by atoms with E-state index in [0.717, 1.165) is 38.4 Å². The lowest BCUT2D eigenvalue weighted by Crippen LogP contribution is -2.48. The van der Waals surface area contributed by atoms with Gasteiger partial charge in [0.2, 0.25) is 5.91 Å². The maximum absolute atomic E-state index is 12.0. The molecule has 1 heterocycles. The fourth-order valence-electron chi connectivity index (χ4n) is 2.46. The summed E-state index contributed by atoms with van der Waals surface area (Å²) >= 11 is 0. The molecular weight excluding hydrogens is 252 g/mol. The van der Waals surface area contributed by atoms with Crippen LogP contribution in [0.2, 0.25) is 0 Å². The molecule has 0 radical (unpaired) electrons. The van der Waals surface area contributed by atoms with E-state index in [9.17, 15) is 4.79 Å². The summed E-state index contributed by atoms with van der Waals surface area (Å²) in [5.41, 5.74) is 7.12. The molecule has 0 atom stereocenters. The minimum atomic E-state index is 0.0405. The van der Waals surface area contributed by atoms with Crippen LogP contribution >= 0.6 is 0 Å². The molecule has 0 bridgehead atoms. The van der Waals surface area contributed by atoms with Crippen molar-refractivity contribution in [2.45, 2.75) is 13.3 Å². The van der Waals surface area contributed by atoms with E-state index in [-0.39, 0.29) is 5.91 Å². The highest BCUT2D eigenvalue weighted by Crippen LogP contribution is 2.10. The van der Waals surface area contributed by atoms with E-state index < -0.39 is 0 Å². The van der Waals surface area contributed by atoms with Crippen molar-refractivity contribution in [1.82, 2.24) is 9.80 Å². The number of piperazine rings is 1. The van der Waals surface area contributed by atoms with Gasteiger partial charge in [-0.3, -0.25) is 9.69 Å². The summed E-state index contributed by atoms with van der Waals surface area (Å²) in [5, 5.41) is 2.90. The van der Waals surface area contributed by atoms with E-state index in [1.807, 2.05) is 12.1 Å². The minimum absolute atomic E-state index is 0.0405. The molecule has 1 amide bonds. The maximum Gasteiger partial charge on any atom is 0.238 e. The largest absolute Gasteiger partial charge is 0.399 e. The topological polar surface area (TPSA) is 61.6 Å². The van der Waals surface area contributed by atoms with Gasteiger partial charge in [0.15, 0.2) is 0 Å². The SMILES string of the molecule is CCCN1CCN(CC(=O)Nc2ccc(N)cc2)CC1. The first-order chi connectivity index (χ1) is 9.67. The number of nitrogens with two attached hydrogens (primary N) is 1. The fourth-order valence-corrected chi connectivity index (χ4v) is 2.46. The second-order valence-corrected chi connectivity index (χ2v) is 5.29. The number of benzene rings is 1. The third kappa shape index (κ3) is 4.51. The predicted octanol–water partition coefficient (Wildman–Crippen LogP) is 1.23. The summed E-state index contributed by atoms with van der Waals surface area (Å²) in [6.07, 6.45) is 1.19. The number of nitrogen functional groups attached to an aromatic ring is 1. The summed E-state index contributed by atoms with van der Waals surface area (Å²) < 4.78 is 0. The van der Waals surface area contributed by atoms with Crippen LogP contribution in [0.1, 0.15) is 13.3 Å². The van der Waals surface area contributed by atoms with E-state index in [4.69, 9.17) is 5.73 Å². The predicted molar refractivity (Wildman–Crippen MR) is 82.7 cm³/mol. The molecule has 1 saturated heterocycles. The highest BCUT2D eigenvalue weighted by molar-refractivity contribution is 5.92. The summed E-state index contributed by atoms with van der Waals surface area (Å²) in [6.45, 7) is 7.87. The van der Waals surface area contributed by atoms with Crippen LogP contribution in [0.15, 0.2) is 24.3 Å². The average molecular weight is 276 g/mol. The van der Waals surface area contributed by atoms with Gasteiger partial charge >= 0.3 is 0 Å². The van der Waals surface area contributed by atoms with E-state index in [2.05, 4.69) is 22.0 Å². The Balaban J connectivity index is 1.74. The van der Waals surface area contributed by atoms with Gasteiger partial charge < -0.3 is 16.0 Å². The molecule has 20 heavy (non-hydrogen) atoms. The third-order valence-electron chi connectivity index (χ3n) is 3.57. The molecule has 5 heteroatoms. The van der Waals surface area contributed by atoms with E-state index >= 15 is 0 Å². The number of nitrogens with zero attached hydrogens (tertiary/aromatic N) is 2. The van der Waals surface area contributed by atoms with Crippen molar-refractivity contribution < 1.29 is 4.79 Å². The fraction of sp³-hybridized carbons (Fsp3) is 0.533. The lowest BCUT2D eigenvalue weighted by atomic mass is 10.2. The highest BCUT2D eigenvalue weighted by Gasteiger charge is 2.18. The van der Waals surface area contributed by atoms with Gasteiger partial charge in [0.05, 0.1) is 6.54 Å². The zero-order chi connectivity index (χ0) is 14.4. The van der Waals surface area contributed by atoms with Gasteiger partial charge in [-0.25, -0.2) is 0 Å². The Bertz CT molecular complexity index is 424. The molecule has 0 aromatic heterocycles. The van der Waals surface area contributed by atoms with Crippen molar-refractivity contribution in [3.05, 3.63) is 24.3 Å². The molecule has 5 nitrogen and oxygen atoms in total. The lowest BCUT2D eigenvalue weighted by Gasteiger charge is -2.34.